The number of aromatic nitrogens is 1. The molecular weight excluding hydrogens is 270 g/mol. The van der Waals surface area contributed by atoms with Crippen molar-refractivity contribution in [1.82, 2.24) is 4.98 Å². The van der Waals surface area contributed by atoms with Crippen LogP contribution < -0.4 is 11.5 Å². The lowest BCUT2D eigenvalue weighted by Gasteiger charge is -2.08. The third-order valence-electron chi connectivity index (χ3n) is 4.19. The number of aromatic amines is 1. The van der Waals surface area contributed by atoms with Gasteiger partial charge in [-0.05, 0) is 48.4 Å². The Kier molecular flexibility index (Phi) is 2.63. The van der Waals surface area contributed by atoms with E-state index in [0.717, 1.165) is 38.7 Å². The SMILES string of the molecule is Cc1ccccc1-c1cc(N)cc2c1[nH]c1ccc(N)cc12. The number of anilines is 2. The molecule has 1 heterocycles. The molecule has 1 aromatic heterocycles. The Morgan fingerprint density at radius 2 is 1.55 bits per heavy atom. The Morgan fingerprint density at radius 1 is 0.773 bits per heavy atom. The van der Waals surface area contributed by atoms with E-state index in [0.29, 0.717) is 0 Å². The van der Waals surface area contributed by atoms with E-state index in [-0.39, 0.29) is 0 Å². The van der Waals surface area contributed by atoms with Crippen LogP contribution in [-0.2, 0) is 0 Å². The molecule has 0 bridgehead atoms. The zero-order valence-electron chi connectivity index (χ0n) is 12.4. The number of nitrogens with one attached hydrogen (secondary N) is 1. The molecule has 0 aliphatic rings. The summed E-state index contributed by atoms with van der Waals surface area (Å²) in [5, 5.41) is 2.22. The van der Waals surface area contributed by atoms with Gasteiger partial charge in [0.05, 0.1) is 5.52 Å². The van der Waals surface area contributed by atoms with E-state index in [9.17, 15) is 0 Å². The van der Waals surface area contributed by atoms with Gasteiger partial charge in [-0.1, -0.05) is 24.3 Å². The number of H-pyrrole nitrogens is 1. The zero-order chi connectivity index (χ0) is 15.3. The second-order valence-corrected chi connectivity index (χ2v) is 5.74. The van der Waals surface area contributed by atoms with Crippen molar-refractivity contribution in [2.75, 3.05) is 11.5 Å². The highest BCUT2D eigenvalue weighted by atomic mass is 14.7. The Balaban J connectivity index is 2.16. The summed E-state index contributed by atoms with van der Waals surface area (Å²) in [4.78, 5) is 3.52. The molecule has 0 radical (unpaired) electrons. The Bertz CT molecular complexity index is 1010. The second kappa shape index (κ2) is 4.53. The third-order valence-corrected chi connectivity index (χ3v) is 4.19. The first-order valence-electron chi connectivity index (χ1n) is 7.30. The van der Waals surface area contributed by atoms with Crippen LogP contribution in [0.2, 0.25) is 0 Å². The molecule has 3 heteroatoms. The van der Waals surface area contributed by atoms with Crippen LogP contribution in [0.1, 0.15) is 5.56 Å². The van der Waals surface area contributed by atoms with Gasteiger partial charge < -0.3 is 16.5 Å². The van der Waals surface area contributed by atoms with Gasteiger partial charge in [0.25, 0.3) is 0 Å². The highest BCUT2D eigenvalue weighted by Crippen LogP contribution is 2.36. The van der Waals surface area contributed by atoms with Crippen molar-refractivity contribution in [3.8, 4) is 11.1 Å². The largest absolute Gasteiger partial charge is 0.399 e. The molecule has 0 aliphatic carbocycles. The van der Waals surface area contributed by atoms with Gasteiger partial charge >= 0.3 is 0 Å². The summed E-state index contributed by atoms with van der Waals surface area (Å²) in [6.45, 7) is 2.12. The van der Waals surface area contributed by atoms with E-state index >= 15 is 0 Å². The molecule has 0 atom stereocenters. The van der Waals surface area contributed by atoms with Gasteiger partial charge in [0.1, 0.15) is 0 Å². The number of rotatable bonds is 1. The number of nitrogen functional groups attached to an aromatic ring is 2. The topological polar surface area (TPSA) is 67.8 Å². The molecule has 0 saturated carbocycles. The number of aryl methyl sites for hydroxylation is 1. The van der Waals surface area contributed by atoms with Crippen molar-refractivity contribution in [3.05, 3.63) is 60.2 Å². The predicted molar refractivity (Wildman–Crippen MR) is 94.8 cm³/mol. The van der Waals surface area contributed by atoms with E-state index in [1.807, 2.05) is 36.4 Å². The molecule has 22 heavy (non-hydrogen) atoms. The van der Waals surface area contributed by atoms with Gasteiger partial charge in [0, 0.05) is 33.2 Å². The Hall–Kier alpha value is -2.94. The van der Waals surface area contributed by atoms with Crippen LogP contribution in [0.4, 0.5) is 11.4 Å². The molecule has 0 fully saturated rings. The van der Waals surface area contributed by atoms with Crippen molar-refractivity contribution >= 4 is 33.2 Å². The first kappa shape index (κ1) is 12.8. The second-order valence-electron chi connectivity index (χ2n) is 5.74. The molecule has 4 rings (SSSR count). The van der Waals surface area contributed by atoms with Gasteiger partial charge in [-0.15, -0.1) is 0 Å². The highest BCUT2D eigenvalue weighted by Gasteiger charge is 2.12. The summed E-state index contributed by atoms with van der Waals surface area (Å²) >= 11 is 0. The number of fused-ring (bicyclic) bond motifs is 3. The summed E-state index contributed by atoms with van der Waals surface area (Å²) in [6, 6.07) is 18.3. The lowest BCUT2D eigenvalue weighted by atomic mass is 9.97. The maximum absolute atomic E-state index is 6.16. The van der Waals surface area contributed by atoms with Crippen molar-refractivity contribution in [2.24, 2.45) is 0 Å². The number of hydrogen-bond acceptors (Lipinski definition) is 2. The molecule has 0 spiro atoms. The minimum atomic E-state index is 0.758. The monoisotopic (exact) mass is 287 g/mol. The average molecular weight is 287 g/mol. The van der Waals surface area contributed by atoms with E-state index in [4.69, 9.17) is 11.5 Å². The number of hydrogen-bond donors (Lipinski definition) is 3. The molecular formula is C19H17N3. The number of nitrogens with two attached hydrogens (primary N) is 2. The maximum Gasteiger partial charge on any atom is 0.0546 e. The van der Waals surface area contributed by atoms with Gasteiger partial charge in [0.15, 0.2) is 0 Å². The lowest BCUT2D eigenvalue weighted by molar-refractivity contribution is 1.45. The van der Waals surface area contributed by atoms with Gasteiger partial charge in [-0.2, -0.15) is 0 Å². The fourth-order valence-corrected chi connectivity index (χ4v) is 3.13. The minimum absolute atomic E-state index is 0.758. The summed E-state index contributed by atoms with van der Waals surface area (Å²) in [7, 11) is 0. The minimum Gasteiger partial charge on any atom is -0.399 e. The molecule has 4 aromatic rings. The van der Waals surface area contributed by atoms with E-state index in [2.05, 4.69) is 30.1 Å². The molecule has 3 aromatic carbocycles. The van der Waals surface area contributed by atoms with Crippen molar-refractivity contribution in [2.45, 2.75) is 6.92 Å². The van der Waals surface area contributed by atoms with Gasteiger partial charge in [0.2, 0.25) is 0 Å². The summed E-state index contributed by atoms with van der Waals surface area (Å²) in [5.74, 6) is 0. The molecule has 3 nitrogen and oxygen atoms in total. The first-order valence-corrected chi connectivity index (χ1v) is 7.30. The maximum atomic E-state index is 6.16. The summed E-state index contributed by atoms with van der Waals surface area (Å²) in [6.07, 6.45) is 0. The normalized spacial score (nSPS) is 11.3. The molecule has 108 valence electrons. The third kappa shape index (κ3) is 1.83. The molecule has 0 amide bonds. The first-order chi connectivity index (χ1) is 10.6. The summed E-state index contributed by atoms with van der Waals surface area (Å²) in [5.41, 5.74) is 19.3. The van der Waals surface area contributed by atoms with Crippen LogP contribution in [0, 0.1) is 6.92 Å². The molecule has 0 saturated heterocycles. The van der Waals surface area contributed by atoms with Crippen LogP contribution in [0.25, 0.3) is 32.9 Å². The van der Waals surface area contributed by atoms with Crippen LogP contribution in [0.3, 0.4) is 0 Å². The van der Waals surface area contributed by atoms with Gasteiger partial charge in [-0.3, -0.25) is 0 Å². The van der Waals surface area contributed by atoms with Crippen LogP contribution in [0.5, 0.6) is 0 Å². The molecule has 5 N–H and O–H groups in total. The van der Waals surface area contributed by atoms with E-state index < -0.39 is 0 Å². The Labute approximate surface area is 128 Å². The van der Waals surface area contributed by atoms with Gasteiger partial charge in [-0.25, -0.2) is 0 Å². The molecule has 0 aliphatic heterocycles. The Morgan fingerprint density at radius 3 is 2.36 bits per heavy atom. The quantitative estimate of drug-likeness (QED) is 0.452. The predicted octanol–water partition coefficient (Wildman–Crippen LogP) is 4.46. The lowest BCUT2D eigenvalue weighted by Crippen LogP contribution is -1.89. The fraction of sp³-hybridized carbons (Fsp3) is 0.0526. The van der Waals surface area contributed by atoms with Crippen LogP contribution in [0.15, 0.2) is 54.6 Å². The van der Waals surface area contributed by atoms with E-state index in [1.165, 1.54) is 11.1 Å². The smallest absolute Gasteiger partial charge is 0.0546 e. The van der Waals surface area contributed by atoms with E-state index in [1.54, 1.807) is 0 Å². The van der Waals surface area contributed by atoms with Crippen molar-refractivity contribution in [1.29, 1.82) is 0 Å². The fourth-order valence-electron chi connectivity index (χ4n) is 3.13. The summed E-state index contributed by atoms with van der Waals surface area (Å²) < 4.78 is 0. The van der Waals surface area contributed by atoms with Crippen molar-refractivity contribution < 1.29 is 0 Å². The highest BCUT2D eigenvalue weighted by molar-refractivity contribution is 6.13. The van der Waals surface area contributed by atoms with Crippen LogP contribution in [-0.4, -0.2) is 4.98 Å². The molecule has 0 unspecified atom stereocenters. The van der Waals surface area contributed by atoms with Crippen molar-refractivity contribution in [3.63, 3.8) is 0 Å². The zero-order valence-corrected chi connectivity index (χ0v) is 12.4. The number of benzene rings is 3. The standard InChI is InChI=1S/C19H17N3/c1-11-4-2-3-5-14(11)16-9-13(21)10-17-15-8-12(20)6-7-18(15)22-19(16)17/h2-10,22H,20-21H2,1H3. The van der Waals surface area contributed by atoms with Crippen LogP contribution >= 0.6 is 0 Å². The average Bonchev–Trinajstić information content (AvgIpc) is 2.85.